The summed E-state index contributed by atoms with van der Waals surface area (Å²) in [5, 5.41) is 2.68. The van der Waals surface area contributed by atoms with Crippen LogP contribution in [0.1, 0.15) is 62.1 Å². The molecule has 2 aliphatic rings. The average Bonchev–Trinajstić information content (AvgIpc) is 3.71. The van der Waals surface area contributed by atoms with Gasteiger partial charge in [0.2, 0.25) is 12.1 Å². The number of nitrogens with zero attached hydrogens (tertiary/aromatic N) is 2. The summed E-state index contributed by atoms with van der Waals surface area (Å²) in [6.07, 6.45) is -1.62. The first-order chi connectivity index (χ1) is 17.6. The van der Waals surface area contributed by atoms with Crippen LogP contribution in [0.5, 0.6) is 0 Å². The number of amides is 2. The third-order valence-corrected chi connectivity index (χ3v) is 6.86. The van der Waals surface area contributed by atoms with Gasteiger partial charge in [0.15, 0.2) is 0 Å². The van der Waals surface area contributed by atoms with Crippen molar-refractivity contribution in [1.29, 1.82) is 0 Å². The first kappa shape index (κ1) is 26.6. The van der Waals surface area contributed by atoms with Crippen molar-refractivity contribution in [2.24, 2.45) is 16.8 Å². The molecular formula is C28H30F3N3O3. The van der Waals surface area contributed by atoms with Gasteiger partial charge in [0.1, 0.15) is 5.78 Å². The fraction of sp³-hybridized carbons (Fsp3) is 0.429. The number of carbonyl (C=O) groups excluding carboxylic acids is 3. The number of hydrogen-bond acceptors (Lipinski definition) is 4. The number of hydrogen-bond donors (Lipinski definition) is 1. The lowest BCUT2D eigenvalue weighted by atomic mass is 9.93. The number of unbranched alkanes of at least 4 members (excludes halogenated alkanes) is 1. The lowest BCUT2D eigenvalue weighted by molar-refractivity contribution is -0.138. The van der Waals surface area contributed by atoms with Crippen LogP contribution in [-0.4, -0.2) is 36.5 Å². The fourth-order valence-corrected chi connectivity index (χ4v) is 4.50. The molecule has 0 spiro atoms. The molecule has 1 fully saturated rings. The molecule has 6 nitrogen and oxygen atoms in total. The summed E-state index contributed by atoms with van der Waals surface area (Å²) in [5.74, 6) is -1.72. The van der Waals surface area contributed by atoms with Gasteiger partial charge in [-0.3, -0.25) is 14.4 Å². The van der Waals surface area contributed by atoms with Crippen molar-refractivity contribution in [3.63, 3.8) is 0 Å². The molecule has 1 aliphatic heterocycles. The van der Waals surface area contributed by atoms with E-state index in [1.165, 1.54) is 17.0 Å². The Morgan fingerprint density at radius 3 is 2.41 bits per heavy atom. The number of carbonyl (C=O) groups is 3. The van der Waals surface area contributed by atoms with Gasteiger partial charge in [-0.15, -0.1) is 0 Å². The number of Topliss-reactive ketones (excluding diaryl/α,β-unsaturated/α-hetero) is 1. The molecule has 4 rings (SSSR count). The number of benzodiazepines with no additional fused rings is 1. The van der Waals surface area contributed by atoms with E-state index in [2.05, 4.69) is 10.3 Å². The molecular weight excluding hydrogens is 483 g/mol. The molecule has 1 aliphatic carbocycles. The van der Waals surface area contributed by atoms with Crippen molar-refractivity contribution in [2.75, 3.05) is 11.9 Å². The zero-order valence-electron chi connectivity index (χ0n) is 20.8. The number of benzene rings is 2. The van der Waals surface area contributed by atoms with Crippen LogP contribution in [0.2, 0.25) is 0 Å². The molecule has 0 aromatic heterocycles. The average molecular weight is 514 g/mol. The second-order valence-corrected chi connectivity index (χ2v) is 9.68. The maximum atomic E-state index is 13.4. The summed E-state index contributed by atoms with van der Waals surface area (Å²) in [5.41, 5.74) is 0.907. The zero-order valence-corrected chi connectivity index (χ0v) is 20.8. The number of alkyl halides is 3. The first-order valence-corrected chi connectivity index (χ1v) is 12.6. The molecule has 0 bridgehead atoms. The normalized spacial score (nSPS) is 18.5. The monoisotopic (exact) mass is 513 g/mol. The molecule has 1 N–H and O–H groups in total. The van der Waals surface area contributed by atoms with Crippen LogP contribution in [0.3, 0.4) is 0 Å². The molecule has 2 amide bonds. The Bertz CT molecular complexity index is 1200. The number of rotatable bonds is 9. The third-order valence-electron chi connectivity index (χ3n) is 6.86. The molecule has 0 radical (unpaired) electrons. The Kier molecular flexibility index (Phi) is 7.80. The van der Waals surface area contributed by atoms with Crippen molar-refractivity contribution in [3.05, 3.63) is 65.2 Å². The molecule has 196 valence electrons. The maximum Gasteiger partial charge on any atom is 0.416 e. The minimum Gasteiger partial charge on any atom is -0.326 e. The molecule has 0 saturated heterocycles. The second kappa shape index (κ2) is 10.9. The molecule has 9 heteroatoms. The lowest BCUT2D eigenvalue weighted by Crippen LogP contribution is -2.49. The van der Waals surface area contributed by atoms with E-state index >= 15 is 0 Å². The summed E-state index contributed by atoms with van der Waals surface area (Å²) < 4.78 is 39.4. The quantitative estimate of drug-likeness (QED) is 0.472. The number of anilines is 1. The van der Waals surface area contributed by atoms with Crippen molar-refractivity contribution >= 4 is 29.0 Å². The van der Waals surface area contributed by atoms with Crippen molar-refractivity contribution in [3.8, 4) is 0 Å². The number of ketones is 1. The van der Waals surface area contributed by atoms with Crippen LogP contribution in [0.25, 0.3) is 0 Å². The largest absolute Gasteiger partial charge is 0.416 e. The minimum atomic E-state index is -4.49. The summed E-state index contributed by atoms with van der Waals surface area (Å²) >= 11 is 0. The molecule has 37 heavy (non-hydrogen) atoms. The van der Waals surface area contributed by atoms with Gasteiger partial charge in [-0.1, -0.05) is 56.5 Å². The van der Waals surface area contributed by atoms with Gasteiger partial charge in [0.05, 0.1) is 22.9 Å². The van der Waals surface area contributed by atoms with E-state index in [0.29, 0.717) is 42.0 Å². The molecule has 2 atom stereocenters. The lowest BCUT2D eigenvalue weighted by Gasteiger charge is -2.22. The van der Waals surface area contributed by atoms with Gasteiger partial charge in [-0.25, -0.2) is 4.99 Å². The number of nitrogens with one attached hydrogen (secondary N) is 1. The van der Waals surface area contributed by atoms with E-state index in [-0.39, 0.29) is 11.5 Å². The molecule has 1 heterocycles. The van der Waals surface area contributed by atoms with E-state index in [0.717, 1.165) is 31.4 Å². The van der Waals surface area contributed by atoms with Gasteiger partial charge in [-0.05, 0) is 37.0 Å². The van der Waals surface area contributed by atoms with Crippen molar-refractivity contribution in [1.82, 2.24) is 5.32 Å². The van der Waals surface area contributed by atoms with Crippen LogP contribution in [-0.2, 0) is 20.6 Å². The summed E-state index contributed by atoms with van der Waals surface area (Å²) in [6, 6.07) is 11.4. The summed E-state index contributed by atoms with van der Waals surface area (Å²) in [4.78, 5) is 45.5. The van der Waals surface area contributed by atoms with Gasteiger partial charge >= 0.3 is 6.18 Å². The predicted octanol–water partition coefficient (Wildman–Crippen LogP) is 5.14. The van der Waals surface area contributed by atoms with Crippen LogP contribution in [0.15, 0.2) is 53.5 Å². The number of halogens is 3. The van der Waals surface area contributed by atoms with E-state index < -0.39 is 35.6 Å². The van der Waals surface area contributed by atoms with Gasteiger partial charge in [0, 0.05) is 24.6 Å². The fourth-order valence-electron chi connectivity index (χ4n) is 4.50. The smallest absolute Gasteiger partial charge is 0.326 e. The van der Waals surface area contributed by atoms with Gasteiger partial charge in [-0.2, -0.15) is 13.2 Å². The molecule has 1 unspecified atom stereocenters. The Morgan fingerprint density at radius 2 is 1.78 bits per heavy atom. The zero-order chi connectivity index (χ0) is 26.7. The van der Waals surface area contributed by atoms with Crippen LogP contribution < -0.4 is 10.2 Å². The molecule has 1 saturated carbocycles. The maximum absolute atomic E-state index is 13.4. The van der Waals surface area contributed by atoms with E-state index in [1.54, 1.807) is 31.3 Å². The highest BCUT2D eigenvalue weighted by atomic mass is 19.4. The number of aliphatic imine (C=N–C) groups is 1. The van der Waals surface area contributed by atoms with E-state index in [1.807, 2.05) is 6.92 Å². The molecule has 2 aromatic rings. The van der Waals surface area contributed by atoms with Crippen LogP contribution in [0.4, 0.5) is 18.9 Å². The minimum absolute atomic E-state index is 0.143. The molecule has 2 aromatic carbocycles. The van der Waals surface area contributed by atoms with E-state index in [4.69, 9.17) is 0 Å². The number of fused-ring (bicyclic) bond motifs is 1. The Morgan fingerprint density at radius 1 is 1.11 bits per heavy atom. The van der Waals surface area contributed by atoms with E-state index in [9.17, 15) is 27.6 Å². The highest BCUT2D eigenvalue weighted by molar-refractivity contribution is 6.20. The number of para-hydroxylation sites is 1. The predicted molar refractivity (Wildman–Crippen MR) is 134 cm³/mol. The topological polar surface area (TPSA) is 78.8 Å². The Labute approximate surface area is 214 Å². The number of likely N-dealkylation sites (N-methyl/N-ethyl adjacent to an activating group) is 1. The van der Waals surface area contributed by atoms with Gasteiger partial charge in [0.25, 0.3) is 5.91 Å². The SMILES string of the molecule is CCCCC(=O)[C@H](CC1CC1)C(=O)NC1N=C(c2ccc(C(F)(F)F)cc2)c2ccccc2N(C)C1=O. The summed E-state index contributed by atoms with van der Waals surface area (Å²) in [7, 11) is 1.56. The Balaban J connectivity index is 1.69. The highest BCUT2D eigenvalue weighted by Crippen LogP contribution is 2.36. The van der Waals surface area contributed by atoms with Crippen molar-refractivity contribution in [2.45, 2.75) is 57.8 Å². The first-order valence-electron chi connectivity index (χ1n) is 12.6. The van der Waals surface area contributed by atoms with Gasteiger partial charge < -0.3 is 10.2 Å². The third kappa shape index (κ3) is 6.09. The van der Waals surface area contributed by atoms with Crippen LogP contribution in [0, 0.1) is 11.8 Å². The highest BCUT2D eigenvalue weighted by Gasteiger charge is 2.37. The second-order valence-electron chi connectivity index (χ2n) is 9.68. The Hall–Kier alpha value is -3.49. The standard InChI is InChI=1S/C28H30F3N3O3/c1-3-4-9-23(35)21(16-17-10-11-17)26(36)33-25-27(37)34(2)22-8-6-5-7-20(22)24(32-25)18-12-14-19(15-13-18)28(29,30)31/h5-8,12-15,17,21,25H,3-4,9-11,16H2,1-2H3,(H,33,36)/t21-,25?/m0/s1. The van der Waals surface area contributed by atoms with Crippen LogP contribution >= 0.6 is 0 Å². The van der Waals surface area contributed by atoms with Crippen molar-refractivity contribution < 1.29 is 27.6 Å². The summed E-state index contributed by atoms with van der Waals surface area (Å²) in [6.45, 7) is 1.97.